The maximum absolute atomic E-state index is 11.4. The summed E-state index contributed by atoms with van der Waals surface area (Å²) in [5.74, 6) is 0.0192. The van der Waals surface area contributed by atoms with Gasteiger partial charge in [0.25, 0.3) is 10.2 Å². The summed E-state index contributed by atoms with van der Waals surface area (Å²) in [5.41, 5.74) is 0.332. The van der Waals surface area contributed by atoms with Crippen LogP contribution in [0, 0.1) is 0 Å². The van der Waals surface area contributed by atoms with Crippen molar-refractivity contribution in [2.45, 2.75) is 13.3 Å². The van der Waals surface area contributed by atoms with Gasteiger partial charge in [-0.3, -0.25) is 4.72 Å². The van der Waals surface area contributed by atoms with Crippen molar-refractivity contribution in [3.05, 3.63) is 24.3 Å². The molecule has 0 aliphatic heterocycles. The Morgan fingerprint density at radius 3 is 2.73 bits per heavy atom. The van der Waals surface area contributed by atoms with Crippen LogP contribution in [0.25, 0.3) is 0 Å². The molecule has 1 rings (SSSR count). The molecule has 15 heavy (non-hydrogen) atoms. The van der Waals surface area contributed by atoms with E-state index in [1.165, 1.54) is 12.1 Å². The largest absolute Gasteiger partial charge is 0.508 e. The molecule has 6 heteroatoms. The normalized spacial score (nSPS) is 11.3. The number of rotatable bonds is 5. The Morgan fingerprint density at radius 2 is 2.13 bits per heavy atom. The summed E-state index contributed by atoms with van der Waals surface area (Å²) in [6.45, 7) is 2.25. The number of hydrogen-bond donors (Lipinski definition) is 3. The molecule has 3 N–H and O–H groups in total. The molecule has 1 aromatic carbocycles. The zero-order valence-corrected chi connectivity index (χ0v) is 9.21. The van der Waals surface area contributed by atoms with Gasteiger partial charge in [0.1, 0.15) is 5.75 Å². The Balaban J connectivity index is 2.69. The van der Waals surface area contributed by atoms with E-state index >= 15 is 0 Å². The number of anilines is 1. The van der Waals surface area contributed by atoms with Crippen molar-refractivity contribution >= 4 is 15.9 Å². The van der Waals surface area contributed by atoms with Gasteiger partial charge in [-0.25, -0.2) is 0 Å². The standard InChI is InChI=1S/C9H14N2O3S/c1-2-6-10-15(13,14)11-8-4-3-5-9(12)7-8/h3-5,7,10-12H,2,6H2,1H3. The lowest BCUT2D eigenvalue weighted by Gasteiger charge is -2.08. The summed E-state index contributed by atoms with van der Waals surface area (Å²) in [5, 5.41) is 9.13. The number of aromatic hydroxyl groups is 1. The molecule has 0 aliphatic rings. The molecule has 0 aromatic heterocycles. The van der Waals surface area contributed by atoms with Gasteiger partial charge in [-0.05, 0) is 18.6 Å². The van der Waals surface area contributed by atoms with E-state index in [1.807, 2.05) is 6.92 Å². The van der Waals surface area contributed by atoms with Gasteiger partial charge in [0.05, 0.1) is 5.69 Å². The monoisotopic (exact) mass is 230 g/mol. The first-order valence-corrected chi connectivity index (χ1v) is 6.08. The second-order valence-electron chi connectivity index (χ2n) is 3.05. The van der Waals surface area contributed by atoms with Gasteiger partial charge in [-0.2, -0.15) is 13.1 Å². The van der Waals surface area contributed by atoms with Gasteiger partial charge in [-0.1, -0.05) is 13.0 Å². The smallest absolute Gasteiger partial charge is 0.299 e. The number of nitrogens with one attached hydrogen (secondary N) is 2. The number of phenolic OH excluding ortho intramolecular Hbond substituents is 1. The fourth-order valence-corrected chi connectivity index (χ4v) is 1.98. The molecule has 0 atom stereocenters. The predicted octanol–water partition coefficient (Wildman–Crippen LogP) is 1.05. The highest BCUT2D eigenvalue weighted by Crippen LogP contribution is 2.15. The van der Waals surface area contributed by atoms with Crippen molar-refractivity contribution < 1.29 is 13.5 Å². The highest BCUT2D eigenvalue weighted by Gasteiger charge is 2.07. The topological polar surface area (TPSA) is 78.4 Å². The lowest BCUT2D eigenvalue weighted by atomic mass is 10.3. The van der Waals surface area contributed by atoms with E-state index in [4.69, 9.17) is 5.11 Å². The van der Waals surface area contributed by atoms with E-state index < -0.39 is 10.2 Å². The van der Waals surface area contributed by atoms with Crippen molar-refractivity contribution in [2.75, 3.05) is 11.3 Å². The molecule has 0 heterocycles. The van der Waals surface area contributed by atoms with Crippen LogP contribution in [-0.2, 0) is 10.2 Å². The fourth-order valence-electron chi connectivity index (χ4n) is 0.997. The van der Waals surface area contributed by atoms with Crippen LogP contribution in [0.1, 0.15) is 13.3 Å². The van der Waals surface area contributed by atoms with Crippen LogP contribution in [-0.4, -0.2) is 20.1 Å². The molecule has 0 bridgehead atoms. The SMILES string of the molecule is CCCNS(=O)(=O)Nc1cccc(O)c1. The second kappa shape index (κ2) is 4.99. The third-order valence-electron chi connectivity index (χ3n) is 1.64. The molecule has 0 unspecified atom stereocenters. The first kappa shape index (κ1) is 11.8. The van der Waals surface area contributed by atoms with Gasteiger partial charge in [0.15, 0.2) is 0 Å². The molecule has 0 saturated heterocycles. The maximum Gasteiger partial charge on any atom is 0.299 e. The minimum atomic E-state index is -3.52. The maximum atomic E-state index is 11.4. The van der Waals surface area contributed by atoms with E-state index in [9.17, 15) is 8.42 Å². The highest BCUT2D eigenvalue weighted by atomic mass is 32.2. The van der Waals surface area contributed by atoms with Crippen LogP contribution >= 0.6 is 0 Å². The summed E-state index contributed by atoms with van der Waals surface area (Å²) in [6, 6.07) is 5.93. The summed E-state index contributed by atoms with van der Waals surface area (Å²) in [7, 11) is -3.52. The summed E-state index contributed by atoms with van der Waals surface area (Å²) in [6.07, 6.45) is 0.723. The zero-order valence-electron chi connectivity index (χ0n) is 8.40. The van der Waals surface area contributed by atoms with Crippen LogP contribution in [0.3, 0.4) is 0 Å². The van der Waals surface area contributed by atoms with Crippen LogP contribution in [0.15, 0.2) is 24.3 Å². The van der Waals surface area contributed by atoms with Crippen LogP contribution in [0.5, 0.6) is 5.75 Å². The number of benzene rings is 1. The first-order valence-electron chi connectivity index (χ1n) is 4.60. The highest BCUT2D eigenvalue weighted by molar-refractivity contribution is 7.90. The molecule has 0 aliphatic carbocycles. The minimum absolute atomic E-state index is 0.0192. The fraction of sp³-hybridized carbons (Fsp3) is 0.333. The average molecular weight is 230 g/mol. The van der Waals surface area contributed by atoms with Crippen molar-refractivity contribution in [1.82, 2.24) is 4.72 Å². The van der Waals surface area contributed by atoms with E-state index in [1.54, 1.807) is 12.1 Å². The molecule has 0 radical (unpaired) electrons. The van der Waals surface area contributed by atoms with Crippen molar-refractivity contribution in [2.24, 2.45) is 0 Å². The van der Waals surface area contributed by atoms with E-state index in [0.29, 0.717) is 12.2 Å². The van der Waals surface area contributed by atoms with Gasteiger partial charge in [0, 0.05) is 12.6 Å². The zero-order chi connectivity index (χ0) is 11.3. The van der Waals surface area contributed by atoms with Gasteiger partial charge >= 0.3 is 0 Å². The third-order valence-corrected chi connectivity index (χ3v) is 2.73. The summed E-state index contributed by atoms with van der Waals surface area (Å²) in [4.78, 5) is 0. The van der Waals surface area contributed by atoms with E-state index in [-0.39, 0.29) is 5.75 Å². The molecule has 5 nitrogen and oxygen atoms in total. The molecule has 1 aromatic rings. The Bertz CT molecular complexity index is 417. The van der Waals surface area contributed by atoms with Crippen LogP contribution < -0.4 is 9.44 Å². The number of hydrogen-bond acceptors (Lipinski definition) is 3. The predicted molar refractivity (Wildman–Crippen MR) is 58.9 cm³/mol. The third kappa shape index (κ3) is 4.18. The second-order valence-corrected chi connectivity index (χ2v) is 4.55. The van der Waals surface area contributed by atoms with Crippen molar-refractivity contribution in [3.63, 3.8) is 0 Å². The Labute approximate surface area is 89.3 Å². The van der Waals surface area contributed by atoms with Gasteiger partial charge < -0.3 is 5.11 Å². The Morgan fingerprint density at radius 1 is 1.40 bits per heavy atom. The van der Waals surface area contributed by atoms with Crippen LogP contribution in [0.2, 0.25) is 0 Å². The lowest BCUT2D eigenvalue weighted by Crippen LogP contribution is -2.30. The van der Waals surface area contributed by atoms with Crippen LogP contribution in [0.4, 0.5) is 5.69 Å². The number of phenols is 1. The molecule has 0 spiro atoms. The van der Waals surface area contributed by atoms with E-state index in [0.717, 1.165) is 6.42 Å². The molecule has 0 fully saturated rings. The minimum Gasteiger partial charge on any atom is -0.508 e. The van der Waals surface area contributed by atoms with Crippen molar-refractivity contribution in [1.29, 1.82) is 0 Å². The summed E-state index contributed by atoms with van der Waals surface area (Å²) < 4.78 is 27.4. The van der Waals surface area contributed by atoms with Gasteiger partial charge in [0.2, 0.25) is 0 Å². The first-order chi connectivity index (χ1) is 7.03. The lowest BCUT2D eigenvalue weighted by molar-refractivity contribution is 0.475. The average Bonchev–Trinajstić information content (AvgIpc) is 2.14. The van der Waals surface area contributed by atoms with E-state index in [2.05, 4.69) is 9.44 Å². The Kier molecular flexibility index (Phi) is 3.93. The molecule has 0 saturated carbocycles. The quantitative estimate of drug-likeness (QED) is 0.707. The molecule has 84 valence electrons. The Hall–Kier alpha value is -1.27. The molecular weight excluding hydrogens is 216 g/mol. The molecule has 0 amide bonds. The summed E-state index contributed by atoms with van der Waals surface area (Å²) >= 11 is 0. The van der Waals surface area contributed by atoms with Crippen molar-refractivity contribution in [3.8, 4) is 5.75 Å². The van der Waals surface area contributed by atoms with Gasteiger partial charge in [-0.15, -0.1) is 0 Å². The molecular formula is C9H14N2O3S.